The third kappa shape index (κ3) is 4.04. The van der Waals surface area contributed by atoms with Gasteiger partial charge >= 0.3 is 6.18 Å². The SMILES string of the molecule is C#CCNC(=O)c1cc(I)c(C)n(-c2cccc(C(F)(F)F)c2)c1=O. The van der Waals surface area contributed by atoms with E-state index in [1.165, 1.54) is 18.2 Å². The number of rotatable bonds is 3. The van der Waals surface area contributed by atoms with E-state index in [0.717, 1.165) is 16.7 Å². The van der Waals surface area contributed by atoms with E-state index in [0.29, 0.717) is 9.26 Å². The van der Waals surface area contributed by atoms with Crippen LogP contribution < -0.4 is 10.9 Å². The second-order valence-corrected chi connectivity index (χ2v) is 6.23. The molecule has 0 unspecified atom stereocenters. The summed E-state index contributed by atoms with van der Waals surface area (Å²) >= 11 is 1.91. The molecule has 1 aromatic heterocycles. The number of nitrogens with zero attached hydrogens (tertiary/aromatic N) is 1. The molecule has 8 heteroatoms. The first-order chi connectivity index (χ1) is 11.7. The molecule has 0 fully saturated rings. The predicted molar refractivity (Wildman–Crippen MR) is 95.7 cm³/mol. The minimum atomic E-state index is -4.54. The van der Waals surface area contributed by atoms with Crippen molar-refractivity contribution in [1.82, 2.24) is 9.88 Å². The predicted octanol–water partition coefficient (Wildman–Crippen LogP) is 3.13. The van der Waals surface area contributed by atoms with Gasteiger partial charge in [0.2, 0.25) is 0 Å². The van der Waals surface area contributed by atoms with Gasteiger partial charge < -0.3 is 5.32 Å². The largest absolute Gasteiger partial charge is 0.416 e. The fourth-order valence-corrected chi connectivity index (χ4v) is 2.75. The lowest BCUT2D eigenvalue weighted by molar-refractivity contribution is -0.137. The molecular formula is C17H12F3IN2O2. The van der Waals surface area contributed by atoms with Gasteiger partial charge in [0.15, 0.2) is 0 Å². The minimum Gasteiger partial charge on any atom is -0.341 e. The van der Waals surface area contributed by atoms with E-state index in [1.54, 1.807) is 6.92 Å². The highest BCUT2D eigenvalue weighted by atomic mass is 127. The summed E-state index contributed by atoms with van der Waals surface area (Å²) in [6, 6.07) is 5.75. The van der Waals surface area contributed by atoms with E-state index in [-0.39, 0.29) is 17.8 Å². The first-order valence-electron chi connectivity index (χ1n) is 6.98. The standard InChI is InChI=1S/C17H12F3IN2O2/c1-3-7-22-15(24)13-9-14(21)10(2)23(16(13)25)12-6-4-5-11(8-12)17(18,19)20/h1,4-6,8-9H,7H2,2H3,(H,22,24). The smallest absolute Gasteiger partial charge is 0.341 e. The number of amides is 1. The second kappa shape index (κ2) is 7.31. The Morgan fingerprint density at radius 3 is 2.64 bits per heavy atom. The van der Waals surface area contributed by atoms with Gasteiger partial charge in [-0.15, -0.1) is 6.42 Å². The van der Waals surface area contributed by atoms with Gasteiger partial charge in [0.05, 0.1) is 12.1 Å². The van der Waals surface area contributed by atoms with Crippen LogP contribution in [0, 0.1) is 22.8 Å². The molecule has 4 nitrogen and oxygen atoms in total. The zero-order valence-corrected chi connectivity index (χ0v) is 15.1. The van der Waals surface area contributed by atoms with Crippen LogP contribution in [-0.4, -0.2) is 17.0 Å². The summed E-state index contributed by atoms with van der Waals surface area (Å²) in [6.07, 6.45) is 0.530. The lowest BCUT2D eigenvalue weighted by Crippen LogP contribution is -2.34. The van der Waals surface area contributed by atoms with E-state index in [2.05, 4.69) is 11.2 Å². The summed E-state index contributed by atoms with van der Waals surface area (Å²) in [5.41, 5.74) is -1.33. The highest BCUT2D eigenvalue weighted by Gasteiger charge is 2.31. The molecule has 0 saturated heterocycles. The summed E-state index contributed by atoms with van der Waals surface area (Å²) in [5, 5.41) is 2.38. The maximum Gasteiger partial charge on any atom is 0.416 e. The lowest BCUT2D eigenvalue weighted by atomic mass is 10.1. The number of hydrogen-bond acceptors (Lipinski definition) is 2. The van der Waals surface area contributed by atoms with Gasteiger partial charge in [-0.05, 0) is 53.8 Å². The van der Waals surface area contributed by atoms with Gasteiger partial charge in [0, 0.05) is 15.0 Å². The van der Waals surface area contributed by atoms with E-state index < -0.39 is 23.2 Å². The number of hydrogen-bond donors (Lipinski definition) is 1. The number of terminal acetylenes is 1. The van der Waals surface area contributed by atoms with Crippen molar-refractivity contribution in [1.29, 1.82) is 0 Å². The van der Waals surface area contributed by atoms with E-state index in [4.69, 9.17) is 6.42 Å². The Hall–Kier alpha value is -2.28. The molecule has 0 radical (unpaired) electrons. The molecule has 2 rings (SSSR count). The normalized spacial score (nSPS) is 11.0. The van der Waals surface area contributed by atoms with Gasteiger partial charge in [-0.2, -0.15) is 13.2 Å². The van der Waals surface area contributed by atoms with E-state index in [1.807, 2.05) is 22.6 Å². The molecule has 0 saturated carbocycles. The monoisotopic (exact) mass is 460 g/mol. The van der Waals surface area contributed by atoms with Crippen LogP contribution in [0.5, 0.6) is 0 Å². The van der Waals surface area contributed by atoms with E-state index >= 15 is 0 Å². The molecule has 130 valence electrons. The van der Waals surface area contributed by atoms with Gasteiger partial charge in [0.25, 0.3) is 11.5 Å². The maximum atomic E-state index is 12.9. The highest BCUT2D eigenvalue weighted by Crippen LogP contribution is 2.30. The summed E-state index contributed by atoms with van der Waals surface area (Å²) < 4.78 is 40.5. The molecule has 1 N–H and O–H groups in total. The molecule has 0 atom stereocenters. The van der Waals surface area contributed by atoms with Crippen molar-refractivity contribution in [2.45, 2.75) is 13.1 Å². The molecule has 2 aromatic rings. The van der Waals surface area contributed by atoms with Crippen molar-refractivity contribution in [3.05, 3.63) is 61.1 Å². The molecule has 1 heterocycles. The Morgan fingerprint density at radius 2 is 2.04 bits per heavy atom. The maximum absolute atomic E-state index is 12.9. The van der Waals surface area contributed by atoms with Crippen LogP contribution in [0.1, 0.15) is 21.6 Å². The van der Waals surface area contributed by atoms with Crippen LogP contribution in [-0.2, 0) is 6.18 Å². The fraction of sp³-hybridized carbons (Fsp3) is 0.176. The first-order valence-corrected chi connectivity index (χ1v) is 8.06. The quantitative estimate of drug-likeness (QED) is 0.566. The van der Waals surface area contributed by atoms with Crippen molar-refractivity contribution in [2.24, 2.45) is 0 Å². The Kier molecular flexibility index (Phi) is 5.57. The minimum absolute atomic E-state index is 0.0295. The van der Waals surface area contributed by atoms with Crippen LogP contribution in [0.4, 0.5) is 13.2 Å². The topological polar surface area (TPSA) is 51.1 Å². The lowest BCUT2D eigenvalue weighted by Gasteiger charge is -2.15. The van der Waals surface area contributed by atoms with Crippen LogP contribution in [0.25, 0.3) is 5.69 Å². The number of pyridine rings is 1. The van der Waals surface area contributed by atoms with Gasteiger partial charge in [-0.1, -0.05) is 12.0 Å². The Morgan fingerprint density at radius 1 is 1.36 bits per heavy atom. The summed E-state index contributed by atoms with van der Waals surface area (Å²) in [5.74, 6) is 1.54. The third-order valence-corrected chi connectivity index (χ3v) is 4.50. The van der Waals surface area contributed by atoms with Crippen LogP contribution >= 0.6 is 22.6 Å². The molecule has 0 aliphatic carbocycles. The van der Waals surface area contributed by atoms with Gasteiger partial charge in [0.1, 0.15) is 5.56 Å². The number of benzene rings is 1. The molecule has 0 bridgehead atoms. The molecule has 25 heavy (non-hydrogen) atoms. The summed E-state index contributed by atoms with van der Waals surface area (Å²) in [6.45, 7) is 1.53. The number of carbonyl (C=O) groups is 1. The van der Waals surface area contributed by atoms with E-state index in [9.17, 15) is 22.8 Å². The van der Waals surface area contributed by atoms with Crippen molar-refractivity contribution >= 4 is 28.5 Å². The fourth-order valence-electron chi connectivity index (χ4n) is 2.19. The number of alkyl halides is 3. The molecule has 1 amide bonds. The second-order valence-electron chi connectivity index (χ2n) is 5.07. The molecule has 0 spiro atoms. The molecule has 0 aliphatic rings. The number of aromatic nitrogens is 1. The Labute approximate surface area is 155 Å². The number of halogens is 4. The van der Waals surface area contributed by atoms with Gasteiger partial charge in [-0.25, -0.2) is 0 Å². The highest BCUT2D eigenvalue weighted by molar-refractivity contribution is 14.1. The van der Waals surface area contributed by atoms with Crippen LogP contribution in [0.3, 0.4) is 0 Å². The number of nitrogens with one attached hydrogen (secondary N) is 1. The summed E-state index contributed by atoms with van der Waals surface area (Å²) in [4.78, 5) is 24.8. The van der Waals surface area contributed by atoms with Crippen LogP contribution in [0.2, 0.25) is 0 Å². The first kappa shape index (κ1) is 19.1. The van der Waals surface area contributed by atoms with Crippen molar-refractivity contribution in [3.63, 3.8) is 0 Å². The molecular weight excluding hydrogens is 448 g/mol. The summed E-state index contributed by atoms with van der Waals surface area (Å²) in [7, 11) is 0. The van der Waals surface area contributed by atoms with Crippen LogP contribution in [0.15, 0.2) is 35.1 Å². The zero-order valence-electron chi connectivity index (χ0n) is 12.9. The molecule has 0 aliphatic heterocycles. The zero-order chi connectivity index (χ0) is 18.8. The van der Waals surface area contributed by atoms with Crippen molar-refractivity contribution < 1.29 is 18.0 Å². The third-order valence-electron chi connectivity index (χ3n) is 3.41. The molecule has 1 aromatic carbocycles. The van der Waals surface area contributed by atoms with Crippen molar-refractivity contribution in [3.8, 4) is 18.0 Å². The number of carbonyl (C=O) groups excluding carboxylic acids is 1. The average Bonchev–Trinajstić information content (AvgIpc) is 2.55. The Bertz CT molecular complexity index is 927. The average molecular weight is 460 g/mol. The van der Waals surface area contributed by atoms with Crippen molar-refractivity contribution in [2.75, 3.05) is 6.54 Å². The Balaban J connectivity index is 2.67. The van der Waals surface area contributed by atoms with Gasteiger partial charge in [-0.3, -0.25) is 14.2 Å².